The van der Waals surface area contributed by atoms with Crippen molar-refractivity contribution in [1.82, 2.24) is 24.4 Å². The second-order valence-electron chi connectivity index (χ2n) is 7.58. The summed E-state index contributed by atoms with van der Waals surface area (Å²) >= 11 is 0. The summed E-state index contributed by atoms with van der Waals surface area (Å²) in [7, 11) is 0. The minimum Gasteiger partial charge on any atom is -0.369 e. The van der Waals surface area contributed by atoms with Crippen molar-refractivity contribution in [2.24, 2.45) is 0 Å². The number of pyridine rings is 1. The summed E-state index contributed by atoms with van der Waals surface area (Å²) in [6.07, 6.45) is 0.434. The zero-order valence-electron chi connectivity index (χ0n) is 15.9. The van der Waals surface area contributed by atoms with Crippen molar-refractivity contribution in [2.45, 2.75) is 32.7 Å². The van der Waals surface area contributed by atoms with Gasteiger partial charge in [0.15, 0.2) is 5.82 Å². The van der Waals surface area contributed by atoms with E-state index >= 15 is 4.39 Å². The third-order valence-electron chi connectivity index (χ3n) is 5.28. The molecule has 0 amide bonds. The number of alkyl halides is 2. The van der Waals surface area contributed by atoms with Gasteiger partial charge in [0.25, 0.3) is 6.43 Å². The highest BCUT2D eigenvalue weighted by Crippen LogP contribution is 2.47. The topological polar surface area (TPSA) is 60.0 Å². The number of rotatable bonds is 2. The molecule has 1 N–H and O–H groups in total. The lowest BCUT2D eigenvalue weighted by atomic mass is 9.92. The summed E-state index contributed by atoms with van der Waals surface area (Å²) in [6.45, 7) is 5.27. The molecule has 1 aliphatic rings. The Morgan fingerprint density at radius 3 is 2.69 bits per heavy atom. The van der Waals surface area contributed by atoms with Crippen LogP contribution in [0.3, 0.4) is 0 Å². The predicted molar refractivity (Wildman–Crippen MR) is 102 cm³/mol. The molecule has 4 aromatic rings. The monoisotopic (exact) mass is 398 g/mol. The second kappa shape index (κ2) is 5.82. The van der Waals surface area contributed by atoms with Gasteiger partial charge in [-0.15, -0.1) is 10.2 Å². The predicted octanol–water partition coefficient (Wildman–Crippen LogP) is 4.63. The maximum Gasteiger partial charge on any atom is 0.266 e. The van der Waals surface area contributed by atoms with Crippen LogP contribution in [0.15, 0.2) is 36.7 Å². The summed E-state index contributed by atoms with van der Waals surface area (Å²) < 4.78 is 47.3. The number of benzene rings is 1. The molecule has 0 fully saturated rings. The zero-order valence-corrected chi connectivity index (χ0v) is 15.9. The van der Waals surface area contributed by atoms with Crippen LogP contribution in [-0.2, 0) is 5.54 Å². The van der Waals surface area contributed by atoms with Crippen LogP contribution in [0.2, 0.25) is 0 Å². The molecule has 0 unspecified atom stereocenters. The fraction of sp³-hybridized carbons (Fsp3) is 0.250. The van der Waals surface area contributed by atoms with Crippen LogP contribution < -0.4 is 5.32 Å². The van der Waals surface area contributed by atoms with Crippen molar-refractivity contribution >= 4 is 11.2 Å². The molecule has 0 spiro atoms. The Bertz CT molecular complexity index is 1270. The molecular weight excluding hydrogens is 381 g/mol. The number of nitrogens with zero attached hydrogens (tertiary/aromatic N) is 5. The normalized spacial score (nSPS) is 14.7. The number of fused-ring (bicyclic) bond motifs is 4. The average molecular weight is 398 g/mol. The largest absolute Gasteiger partial charge is 0.369 e. The van der Waals surface area contributed by atoms with Gasteiger partial charge in [0, 0.05) is 18.0 Å². The van der Waals surface area contributed by atoms with E-state index in [4.69, 9.17) is 0 Å². The van der Waals surface area contributed by atoms with Gasteiger partial charge in [0.1, 0.15) is 11.6 Å². The Morgan fingerprint density at radius 1 is 1.14 bits per heavy atom. The number of nitrogens with one attached hydrogen (secondary N) is 1. The van der Waals surface area contributed by atoms with Crippen molar-refractivity contribution in [3.63, 3.8) is 0 Å². The number of aromatic nitrogens is 5. The lowest BCUT2D eigenvalue weighted by Gasteiger charge is -2.35. The van der Waals surface area contributed by atoms with Crippen LogP contribution in [0.1, 0.15) is 37.5 Å². The van der Waals surface area contributed by atoms with E-state index in [1.807, 2.05) is 0 Å². The molecule has 0 saturated heterocycles. The summed E-state index contributed by atoms with van der Waals surface area (Å²) in [5, 5.41) is 15.4. The lowest BCUT2D eigenvalue weighted by Crippen LogP contribution is -2.37. The Labute approximate surface area is 164 Å². The van der Waals surface area contributed by atoms with E-state index in [9.17, 15) is 8.78 Å². The van der Waals surface area contributed by atoms with Crippen LogP contribution in [0.5, 0.6) is 0 Å². The minimum absolute atomic E-state index is 0.0184. The molecule has 1 aliphatic heterocycles. The van der Waals surface area contributed by atoms with Gasteiger partial charge in [-0.25, -0.2) is 17.7 Å². The van der Waals surface area contributed by atoms with E-state index < -0.39 is 17.8 Å². The van der Waals surface area contributed by atoms with Gasteiger partial charge in [-0.2, -0.15) is 5.10 Å². The van der Waals surface area contributed by atoms with Crippen molar-refractivity contribution in [3.05, 3.63) is 59.7 Å². The van der Waals surface area contributed by atoms with E-state index in [0.717, 1.165) is 6.07 Å². The van der Waals surface area contributed by atoms with Gasteiger partial charge in [0.05, 0.1) is 28.0 Å². The van der Waals surface area contributed by atoms with E-state index in [1.54, 1.807) is 55.9 Å². The van der Waals surface area contributed by atoms with E-state index in [2.05, 4.69) is 20.6 Å². The lowest BCUT2D eigenvalue weighted by molar-refractivity contribution is 0.151. The van der Waals surface area contributed by atoms with E-state index in [1.165, 1.54) is 4.57 Å². The quantitative estimate of drug-likeness (QED) is 0.535. The molecule has 0 bridgehead atoms. The highest BCUT2D eigenvalue weighted by Gasteiger charge is 2.39. The van der Waals surface area contributed by atoms with Gasteiger partial charge in [0.2, 0.25) is 0 Å². The summed E-state index contributed by atoms with van der Waals surface area (Å²) in [5.41, 5.74) is 0.211. The maximum atomic E-state index is 15.3. The smallest absolute Gasteiger partial charge is 0.266 e. The molecular formula is C20H17F3N6. The van der Waals surface area contributed by atoms with Gasteiger partial charge in [-0.3, -0.25) is 4.57 Å². The Balaban J connectivity index is 1.92. The first-order valence-corrected chi connectivity index (χ1v) is 9.08. The van der Waals surface area contributed by atoms with Crippen molar-refractivity contribution in [1.29, 1.82) is 0 Å². The van der Waals surface area contributed by atoms with Crippen LogP contribution in [0.25, 0.3) is 22.3 Å². The van der Waals surface area contributed by atoms with E-state index in [0.29, 0.717) is 22.7 Å². The number of halogens is 3. The van der Waals surface area contributed by atoms with E-state index in [-0.39, 0.29) is 22.5 Å². The number of anilines is 1. The number of hydrogen-bond donors (Lipinski definition) is 1. The second-order valence-corrected chi connectivity index (χ2v) is 7.58. The molecule has 0 aliphatic carbocycles. The summed E-state index contributed by atoms with van der Waals surface area (Å²) in [5.74, 6) is 0.244. The minimum atomic E-state index is -2.85. The third kappa shape index (κ3) is 2.39. The first kappa shape index (κ1) is 17.7. The Morgan fingerprint density at radius 2 is 1.93 bits per heavy atom. The van der Waals surface area contributed by atoms with Crippen LogP contribution in [0, 0.1) is 12.7 Å². The summed E-state index contributed by atoms with van der Waals surface area (Å²) in [4.78, 5) is 0. The van der Waals surface area contributed by atoms with Gasteiger partial charge in [-0.05, 0) is 44.5 Å². The van der Waals surface area contributed by atoms with Crippen LogP contribution in [-0.4, -0.2) is 24.4 Å². The summed E-state index contributed by atoms with van der Waals surface area (Å²) in [6, 6.07) is 6.25. The van der Waals surface area contributed by atoms with Gasteiger partial charge < -0.3 is 5.32 Å². The SMILES string of the molecule is Cc1nnc2n1-c1c(c(F)cc(-c3cccn4nccc34)c1C(F)F)NC2(C)C. The first-order valence-electron chi connectivity index (χ1n) is 9.08. The van der Waals surface area contributed by atoms with Crippen molar-refractivity contribution in [3.8, 4) is 16.8 Å². The molecule has 29 heavy (non-hydrogen) atoms. The molecule has 0 radical (unpaired) electrons. The Kier molecular flexibility index (Phi) is 3.56. The number of aryl methyl sites for hydroxylation is 1. The fourth-order valence-corrected chi connectivity index (χ4v) is 4.03. The molecule has 148 valence electrons. The van der Waals surface area contributed by atoms with Gasteiger partial charge >= 0.3 is 0 Å². The molecule has 4 heterocycles. The first-order chi connectivity index (χ1) is 13.8. The molecule has 0 saturated carbocycles. The van der Waals surface area contributed by atoms with Gasteiger partial charge in [-0.1, -0.05) is 6.07 Å². The van der Waals surface area contributed by atoms with Crippen molar-refractivity contribution < 1.29 is 13.2 Å². The van der Waals surface area contributed by atoms with Crippen LogP contribution >= 0.6 is 0 Å². The molecule has 3 aromatic heterocycles. The van der Waals surface area contributed by atoms with Crippen molar-refractivity contribution in [2.75, 3.05) is 5.32 Å². The Hall–Kier alpha value is -3.36. The molecule has 0 atom stereocenters. The van der Waals surface area contributed by atoms with Crippen LogP contribution in [0.4, 0.5) is 18.9 Å². The zero-order chi connectivity index (χ0) is 20.5. The highest BCUT2D eigenvalue weighted by molar-refractivity contribution is 5.87. The maximum absolute atomic E-state index is 15.3. The standard InChI is InChI=1S/C20H17F3N6/c1-10-26-27-19-20(2,3)25-16-13(21)9-12(15(18(22)23)17(16)29(10)19)11-5-4-8-28-14(11)6-7-24-28/h4-9,18,25H,1-3H3. The molecule has 1 aromatic carbocycles. The third-order valence-corrected chi connectivity index (χ3v) is 5.28. The molecule has 5 rings (SSSR count). The molecule has 6 nitrogen and oxygen atoms in total. The fourth-order valence-electron chi connectivity index (χ4n) is 4.03. The number of hydrogen-bond acceptors (Lipinski definition) is 4. The molecule has 9 heteroatoms. The highest BCUT2D eigenvalue weighted by atomic mass is 19.3. The average Bonchev–Trinajstić information content (AvgIpc) is 3.29.